The number of benzene rings is 2. The van der Waals surface area contributed by atoms with Crippen LogP contribution in [0.5, 0.6) is 17.2 Å². The van der Waals surface area contributed by atoms with Crippen LogP contribution in [0.3, 0.4) is 0 Å². The summed E-state index contributed by atoms with van der Waals surface area (Å²) in [5.74, 6) is 1.52. The van der Waals surface area contributed by atoms with Gasteiger partial charge in [-0.3, -0.25) is 0 Å². The fourth-order valence-corrected chi connectivity index (χ4v) is 4.63. The molecule has 0 radical (unpaired) electrons. The molecule has 33 heavy (non-hydrogen) atoms. The van der Waals surface area contributed by atoms with Crippen LogP contribution >= 0.6 is 23.8 Å². The zero-order valence-corrected chi connectivity index (χ0v) is 20.2. The quantitative estimate of drug-likeness (QED) is 0.434. The van der Waals surface area contributed by atoms with Crippen LogP contribution < -0.4 is 19.5 Å². The minimum atomic E-state index is -4.56. The fraction of sp³-hybridized carbons (Fsp3) is 0.435. The Morgan fingerprint density at radius 2 is 1.73 bits per heavy atom. The Morgan fingerprint density at radius 3 is 2.30 bits per heavy atom. The van der Waals surface area contributed by atoms with Gasteiger partial charge in [0, 0.05) is 23.8 Å². The zero-order valence-electron chi connectivity index (χ0n) is 18.6. The number of nitrogens with zero attached hydrogens (tertiary/aromatic N) is 1. The molecule has 180 valence electrons. The Hall–Kier alpha value is -2.39. The highest BCUT2D eigenvalue weighted by atomic mass is 35.5. The third kappa shape index (κ3) is 5.76. The van der Waals surface area contributed by atoms with Crippen molar-refractivity contribution in [3.05, 3.63) is 46.5 Å². The van der Waals surface area contributed by atoms with E-state index < -0.39 is 11.7 Å². The lowest BCUT2D eigenvalue weighted by atomic mass is 10.1. The summed E-state index contributed by atoms with van der Waals surface area (Å²) in [4.78, 5) is 1.99. The summed E-state index contributed by atoms with van der Waals surface area (Å²) in [6.45, 7) is 0.389. The first-order chi connectivity index (χ1) is 15.7. The highest BCUT2D eigenvalue weighted by molar-refractivity contribution is 7.80. The number of methoxy groups -OCH3 is 3. The second kappa shape index (κ2) is 10.7. The molecule has 0 bridgehead atoms. The van der Waals surface area contributed by atoms with Crippen molar-refractivity contribution in [3.63, 3.8) is 0 Å². The summed E-state index contributed by atoms with van der Waals surface area (Å²) in [7, 11) is 4.62. The van der Waals surface area contributed by atoms with E-state index in [1.54, 1.807) is 20.3 Å². The van der Waals surface area contributed by atoms with Crippen LogP contribution in [-0.2, 0) is 12.7 Å². The maximum absolute atomic E-state index is 13.3. The highest BCUT2D eigenvalue weighted by Gasteiger charge is 2.34. The number of halogens is 4. The number of rotatable bonds is 7. The van der Waals surface area contributed by atoms with Crippen molar-refractivity contribution in [2.24, 2.45) is 0 Å². The van der Waals surface area contributed by atoms with E-state index in [4.69, 9.17) is 38.0 Å². The summed E-state index contributed by atoms with van der Waals surface area (Å²) in [5.41, 5.74) is 0.128. The summed E-state index contributed by atoms with van der Waals surface area (Å²) in [6.07, 6.45) is -0.565. The fourth-order valence-electron chi connectivity index (χ4n) is 4.07. The number of hydrogen-bond acceptors (Lipinski definition) is 4. The lowest BCUT2D eigenvalue weighted by Crippen LogP contribution is -2.41. The second-order valence-corrected chi connectivity index (χ2v) is 8.48. The molecule has 2 aromatic carbocycles. The minimum Gasteiger partial charge on any atom is -0.493 e. The largest absolute Gasteiger partial charge is 0.493 e. The van der Waals surface area contributed by atoms with Gasteiger partial charge in [0.2, 0.25) is 5.75 Å². The second-order valence-electron chi connectivity index (χ2n) is 7.68. The molecule has 1 saturated carbocycles. The maximum Gasteiger partial charge on any atom is 0.417 e. The molecule has 0 aromatic heterocycles. The third-order valence-electron chi connectivity index (χ3n) is 5.68. The SMILES string of the molecule is COc1ccc(CN(C(=S)Nc2ccc(Cl)c(C(F)(F)F)c2)C2CCCC2)c(OC)c1OC. The van der Waals surface area contributed by atoms with Gasteiger partial charge in [-0.2, -0.15) is 13.2 Å². The first kappa shape index (κ1) is 25.2. The van der Waals surface area contributed by atoms with Crippen LogP contribution in [0.1, 0.15) is 36.8 Å². The standard InChI is InChI=1S/C23H26ClF3N2O3S/c1-30-19-11-8-14(20(31-2)21(19)32-3)13-29(16-6-4-5-7-16)22(33)28-15-9-10-18(24)17(12-15)23(25,26)27/h8-12,16H,4-7,13H2,1-3H3,(H,28,33). The van der Waals surface area contributed by atoms with Crippen molar-refractivity contribution >= 4 is 34.6 Å². The molecule has 10 heteroatoms. The molecule has 0 unspecified atom stereocenters. The van der Waals surface area contributed by atoms with Gasteiger partial charge in [0.25, 0.3) is 0 Å². The van der Waals surface area contributed by atoms with E-state index in [1.807, 2.05) is 11.0 Å². The van der Waals surface area contributed by atoms with E-state index in [9.17, 15) is 13.2 Å². The third-order valence-corrected chi connectivity index (χ3v) is 6.34. The number of nitrogens with one attached hydrogen (secondary N) is 1. The van der Waals surface area contributed by atoms with Gasteiger partial charge < -0.3 is 24.4 Å². The van der Waals surface area contributed by atoms with Gasteiger partial charge >= 0.3 is 6.18 Å². The van der Waals surface area contributed by atoms with Gasteiger partial charge in [0.15, 0.2) is 16.6 Å². The molecule has 1 fully saturated rings. The van der Waals surface area contributed by atoms with Gasteiger partial charge in [-0.1, -0.05) is 24.4 Å². The van der Waals surface area contributed by atoms with E-state index in [0.29, 0.717) is 28.9 Å². The molecular weight excluding hydrogens is 477 g/mol. The maximum atomic E-state index is 13.3. The molecule has 5 nitrogen and oxygen atoms in total. The van der Waals surface area contributed by atoms with Crippen LogP contribution in [0.25, 0.3) is 0 Å². The first-order valence-corrected chi connectivity index (χ1v) is 11.2. The Morgan fingerprint density at radius 1 is 1.06 bits per heavy atom. The van der Waals surface area contributed by atoms with Crippen molar-refractivity contribution < 1.29 is 27.4 Å². The summed E-state index contributed by atoms with van der Waals surface area (Å²) >= 11 is 11.4. The van der Waals surface area contributed by atoms with Crippen molar-refractivity contribution in [1.29, 1.82) is 0 Å². The molecule has 1 aliphatic carbocycles. The molecular formula is C23H26ClF3N2O3S. The van der Waals surface area contributed by atoms with E-state index in [1.165, 1.54) is 19.2 Å². The Bertz CT molecular complexity index is 998. The van der Waals surface area contributed by atoms with E-state index in [0.717, 1.165) is 37.3 Å². The van der Waals surface area contributed by atoms with Crippen molar-refractivity contribution in [2.75, 3.05) is 26.6 Å². The molecule has 3 rings (SSSR count). The van der Waals surface area contributed by atoms with Crippen LogP contribution in [-0.4, -0.2) is 37.4 Å². The number of ether oxygens (including phenoxy) is 3. The number of alkyl halides is 3. The molecule has 0 heterocycles. The van der Waals surface area contributed by atoms with Gasteiger partial charge in [-0.15, -0.1) is 0 Å². The van der Waals surface area contributed by atoms with E-state index in [2.05, 4.69) is 5.32 Å². The van der Waals surface area contributed by atoms with Crippen LogP contribution in [0.4, 0.5) is 18.9 Å². The topological polar surface area (TPSA) is 43.0 Å². The molecule has 1 N–H and O–H groups in total. The molecule has 0 saturated heterocycles. The lowest BCUT2D eigenvalue weighted by Gasteiger charge is -2.32. The minimum absolute atomic E-state index is 0.150. The number of thiocarbonyl (C=S) groups is 1. The lowest BCUT2D eigenvalue weighted by molar-refractivity contribution is -0.137. The normalized spacial score (nSPS) is 14.2. The van der Waals surface area contributed by atoms with Crippen molar-refractivity contribution in [2.45, 2.75) is 44.4 Å². The van der Waals surface area contributed by atoms with E-state index in [-0.39, 0.29) is 16.8 Å². The zero-order chi connectivity index (χ0) is 24.2. The number of anilines is 1. The Balaban J connectivity index is 1.91. The Kier molecular flexibility index (Phi) is 8.18. The first-order valence-electron chi connectivity index (χ1n) is 10.4. The van der Waals surface area contributed by atoms with Crippen molar-refractivity contribution in [1.82, 2.24) is 4.90 Å². The van der Waals surface area contributed by atoms with Crippen LogP contribution in [0.2, 0.25) is 5.02 Å². The van der Waals surface area contributed by atoms with Crippen LogP contribution in [0, 0.1) is 0 Å². The summed E-state index contributed by atoms with van der Waals surface area (Å²) in [6, 6.07) is 7.47. The van der Waals surface area contributed by atoms with Crippen LogP contribution in [0.15, 0.2) is 30.3 Å². The summed E-state index contributed by atoms with van der Waals surface area (Å²) < 4.78 is 56.3. The molecule has 0 atom stereocenters. The van der Waals surface area contributed by atoms with E-state index >= 15 is 0 Å². The average molecular weight is 503 g/mol. The molecule has 1 aliphatic rings. The number of hydrogen-bond donors (Lipinski definition) is 1. The predicted molar refractivity (Wildman–Crippen MR) is 127 cm³/mol. The molecule has 0 spiro atoms. The van der Waals surface area contributed by atoms with Gasteiger partial charge in [-0.05, 0) is 55.4 Å². The molecule has 0 aliphatic heterocycles. The smallest absolute Gasteiger partial charge is 0.417 e. The average Bonchev–Trinajstić information content (AvgIpc) is 3.31. The van der Waals surface area contributed by atoms with Crippen molar-refractivity contribution in [3.8, 4) is 17.2 Å². The summed E-state index contributed by atoms with van der Waals surface area (Å²) in [5, 5.41) is 2.94. The van der Waals surface area contributed by atoms with Gasteiger partial charge in [0.05, 0.1) is 31.9 Å². The monoisotopic (exact) mass is 502 g/mol. The molecule has 0 amide bonds. The van der Waals surface area contributed by atoms with Gasteiger partial charge in [0.1, 0.15) is 0 Å². The Labute approximate surface area is 201 Å². The van der Waals surface area contributed by atoms with Gasteiger partial charge in [-0.25, -0.2) is 0 Å². The predicted octanol–water partition coefficient (Wildman–Crippen LogP) is 6.53. The molecule has 2 aromatic rings. The highest BCUT2D eigenvalue weighted by Crippen LogP contribution is 2.41.